The highest BCUT2D eigenvalue weighted by Crippen LogP contribution is 2.55. The number of hydrogen-bond acceptors (Lipinski definition) is 2. The van der Waals surface area contributed by atoms with Crippen LogP contribution >= 0.6 is 11.6 Å². The average Bonchev–Trinajstić information content (AvgIpc) is 2.57. The first-order valence-electron chi connectivity index (χ1n) is 4.13. The van der Waals surface area contributed by atoms with E-state index in [-0.39, 0.29) is 11.2 Å². The normalized spacial score (nSPS) is 35.1. The summed E-state index contributed by atoms with van der Waals surface area (Å²) in [5.74, 6) is 1.49. The van der Waals surface area contributed by atoms with E-state index in [0.29, 0.717) is 11.8 Å². The van der Waals surface area contributed by atoms with Gasteiger partial charge in [0.15, 0.2) is 0 Å². The van der Waals surface area contributed by atoms with E-state index < -0.39 is 9.84 Å². The molecular weight excluding hydrogens is 196 g/mol. The Morgan fingerprint density at radius 1 is 1.58 bits per heavy atom. The molecule has 72 valence electrons. The minimum atomic E-state index is -2.81. The van der Waals surface area contributed by atoms with Crippen molar-refractivity contribution in [3.8, 4) is 0 Å². The second-order valence-corrected chi connectivity index (χ2v) is 6.51. The maximum atomic E-state index is 10.9. The van der Waals surface area contributed by atoms with Crippen LogP contribution in [-0.2, 0) is 9.84 Å². The lowest BCUT2D eigenvalue weighted by Gasteiger charge is -2.10. The largest absolute Gasteiger partial charge is 0.229 e. The molecule has 0 aromatic rings. The van der Waals surface area contributed by atoms with E-state index >= 15 is 0 Å². The van der Waals surface area contributed by atoms with Crippen molar-refractivity contribution in [2.45, 2.75) is 19.8 Å². The quantitative estimate of drug-likeness (QED) is 0.662. The Morgan fingerprint density at radius 2 is 2.08 bits per heavy atom. The van der Waals surface area contributed by atoms with Crippen LogP contribution < -0.4 is 0 Å². The maximum Gasteiger partial charge on any atom is 0.147 e. The summed E-state index contributed by atoms with van der Waals surface area (Å²) < 4.78 is 21.8. The predicted octanol–water partition coefficient (Wildman–Crippen LogP) is 1.69. The van der Waals surface area contributed by atoms with Gasteiger partial charge in [-0.2, -0.15) is 0 Å². The second-order valence-electron chi connectivity index (χ2n) is 3.98. The summed E-state index contributed by atoms with van der Waals surface area (Å²) in [6.45, 7) is 2.13. The fraction of sp³-hybridized carbons (Fsp3) is 1.00. The average molecular weight is 211 g/mol. The van der Waals surface area contributed by atoms with Gasteiger partial charge in [-0.15, -0.1) is 11.6 Å². The molecule has 2 unspecified atom stereocenters. The van der Waals surface area contributed by atoms with Gasteiger partial charge in [-0.25, -0.2) is 8.42 Å². The van der Waals surface area contributed by atoms with Crippen molar-refractivity contribution in [1.82, 2.24) is 0 Å². The van der Waals surface area contributed by atoms with Crippen molar-refractivity contribution >= 4 is 21.4 Å². The van der Waals surface area contributed by atoms with Gasteiger partial charge < -0.3 is 0 Å². The van der Waals surface area contributed by atoms with Crippen molar-refractivity contribution in [3.63, 3.8) is 0 Å². The molecule has 2 atom stereocenters. The van der Waals surface area contributed by atoms with Crippen LogP contribution in [0.1, 0.15) is 19.8 Å². The van der Waals surface area contributed by atoms with Gasteiger partial charge in [0.05, 0.1) is 5.75 Å². The summed E-state index contributed by atoms with van der Waals surface area (Å²) in [6.07, 6.45) is 3.10. The van der Waals surface area contributed by atoms with Crippen LogP contribution in [0.4, 0.5) is 0 Å². The van der Waals surface area contributed by atoms with E-state index in [1.807, 2.05) is 0 Å². The summed E-state index contributed by atoms with van der Waals surface area (Å²) >= 11 is 5.78. The van der Waals surface area contributed by atoms with Gasteiger partial charge in [0.25, 0.3) is 0 Å². The summed E-state index contributed by atoms with van der Waals surface area (Å²) in [7, 11) is -2.81. The summed E-state index contributed by atoms with van der Waals surface area (Å²) in [5.41, 5.74) is 0.143. The Morgan fingerprint density at radius 3 is 2.33 bits per heavy atom. The molecule has 1 saturated carbocycles. The van der Waals surface area contributed by atoms with Gasteiger partial charge in [-0.05, 0) is 24.2 Å². The highest BCUT2D eigenvalue weighted by Gasteiger charge is 2.49. The molecule has 0 heterocycles. The molecule has 0 N–H and O–H groups in total. The lowest BCUT2D eigenvalue weighted by Crippen LogP contribution is -2.13. The fourth-order valence-electron chi connectivity index (χ4n) is 1.54. The molecule has 2 nitrogen and oxygen atoms in total. The molecule has 0 amide bonds. The number of sulfone groups is 1. The third-order valence-electron chi connectivity index (χ3n) is 2.83. The topological polar surface area (TPSA) is 34.1 Å². The molecule has 0 bridgehead atoms. The predicted molar refractivity (Wildman–Crippen MR) is 51.3 cm³/mol. The van der Waals surface area contributed by atoms with Crippen LogP contribution in [0, 0.1) is 11.3 Å². The Kier molecular flexibility index (Phi) is 2.74. The molecule has 1 aliphatic rings. The van der Waals surface area contributed by atoms with E-state index in [9.17, 15) is 8.42 Å². The van der Waals surface area contributed by atoms with E-state index in [2.05, 4.69) is 6.92 Å². The number of halogens is 1. The molecule has 1 rings (SSSR count). The molecule has 0 aliphatic heterocycles. The Bertz CT molecular complexity index is 256. The van der Waals surface area contributed by atoms with Crippen molar-refractivity contribution < 1.29 is 8.42 Å². The van der Waals surface area contributed by atoms with Gasteiger partial charge in [-0.3, -0.25) is 0 Å². The number of rotatable bonds is 4. The maximum absolute atomic E-state index is 10.9. The SMILES string of the molecule is CC1CC1(CCl)CCS(C)(=O)=O. The van der Waals surface area contributed by atoms with Gasteiger partial charge in [0, 0.05) is 12.1 Å². The summed E-state index contributed by atoms with van der Waals surface area (Å²) in [6, 6.07) is 0. The highest BCUT2D eigenvalue weighted by molar-refractivity contribution is 7.90. The molecule has 0 spiro atoms. The van der Waals surface area contributed by atoms with Crippen LogP contribution in [0.5, 0.6) is 0 Å². The first kappa shape index (κ1) is 10.3. The number of hydrogen-bond donors (Lipinski definition) is 0. The van der Waals surface area contributed by atoms with Gasteiger partial charge in [0.1, 0.15) is 9.84 Å². The molecular formula is C8H15ClO2S. The minimum absolute atomic E-state index is 0.143. The molecule has 1 fully saturated rings. The zero-order valence-corrected chi connectivity index (χ0v) is 9.08. The van der Waals surface area contributed by atoms with Crippen molar-refractivity contribution in [1.29, 1.82) is 0 Å². The first-order chi connectivity index (χ1) is 5.40. The Labute approximate surface area is 79.2 Å². The van der Waals surface area contributed by atoms with Crippen LogP contribution in [-0.4, -0.2) is 26.3 Å². The fourth-order valence-corrected chi connectivity index (χ4v) is 2.82. The monoisotopic (exact) mass is 210 g/mol. The lowest BCUT2D eigenvalue weighted by molar-refractivity contribution is 0.503. The van der Waals surface area contributed by atoms with E-state index in [0.717, 1.165) is 12.8 Å². The molecule has 0 aromatic heterocycles. The minimum Gasteiger partial charge on any atom is -0.229 e. The van der Waals surface area contributed by atoms with Crippen molar-refractivity contribution in [2.75, 3.05) is 17.9 Å². The summed E-state index contributed by atoms with van der Waals surface area (Å²) in [5, 5.41) is 0. The molecule has 12 heavy (non-hydrogen) atoms. The standard InChI is InChI=1S/C8H15ClO2S/c1-7-5-8(7,6-9)3-4-12(2,10)11/h7H,3-6H2,1-2H3. The zero-order valence-electron chi connectivity index (χ0n) is 7.51. The van der Waals surface area contributed by atoms with Crippen molar-refractivity contribution in [3.05, 3.63) is 0 Å². The molecule has 1 aliphatic carbocycles. The van der Waals surface area contributed by atoms with E-state index in [1.54, 1.807) is 0 Å². The second kappa shape index (κ2) is 3.18. The van der Waals surface area contributed by atoms with Gasteiger partial charge >= 0.3 is 0 Å². The first-order valence-corrected chi connectivity index (χ1v) is 6.73. The molecule has 4 heteroatoms. The van der Waals surface area contributed by atoms with Crippen molar-refractivity contribution in [2.24, 2.45) is 11.3 Å². The zero-order chi connectivity index (χ0) is 9.41. The van der Waals surface area contributed by atoms with Crippen LogP contribution in [0.15, 0.2) is 0 Å². The molecule has 0 aromatic carbocycles. The summed E-state index contributed by atoms with van der Waals surface area (Å²) in [4.78, 5) is 0. The van der Waals surface area contributed by atoms with Gasteiger partial charge in [-0.1, -0.05) is 6.92 Å². The van der Waals surface area contributed by atoms with Gasteiger partial charge in [0.2, 0.25) is 0 Å². The van der Waals surface area contributed by atoms with E-state index in [1.165, 1.54) is 6.26 Å². The smallest absolute Gasteiger partial charge is 0.147 e. The van der Waals surface area contributed by atoms with Crippen LogP contribution in [0.25, 0.3) is 0 Å². The van der Waals surface area contributed by atoms with Crippen LogP contribution in [0.2, 0.25) is 0 Å². The molecule has 0 saturated heterocycles. The van der Waals surface area contributed by atoms with E-state index in [4.69, 9.17) is 11.6 Å². The highest BCUT2D eigenvalue weighted by atomic mass is 35.5. The third-order valence-corrected chi connectivity index (χ3v) is 4.31. The Hall–Kier alpha value is 0.240. The third kappa shape index (κ3) is 2.36. The van der Waals surface area contributed by atoms with Crippen LogP contribution in [0.3, 0.4) is 0 Å². The molecule has 0 radical (unpaired) electrons. The Balaban J connectivity index is 2.42. The lowest BCUT2D eigenvalue weighted by atomic mass is 10.0. The number of alkyl halides is 1.